The van der Waals surface area contributed by atoms with Gasteiger partial charge >= 0.3 is 5.97 Å². The van der Waals surface area contributed by atoms with Crippen LogP contribution in [0.1, 0.15) is 41.0 Å². The second kappa shape index (κ2) is 10.6. The van der Waals surface area contributed by atoms with Crippen LogP contribution in [0.3, 0.4) is 0 Å². The first kappa shape index (κ1) is 28.6. The quantitative estimate of drug-likeness (QED) is 0.264. The summed E-state index contributed by atoms with van der Waals surface area (Å²) >= 11 is 7.17. The van der Waals surface area contributed by atoms with Crippen LogP contribution in [-0.2, 0) is 21.2 Å². The summed E-state index contributed by atoms with van der Waals surface area (Å²) in [4.78, 5) is 19.4. The number of carboxylic acid groups (broad SMARTS) is 1. The highest BCUT2D eigenvalue weighted by atomic mass is 35.5. The molecule has 0 spiro atoms. The predicted molar refractivity (Wildman–Crippen MR) is 139 cm³/mol. The van der Waals surface area contributed by atoms with Crippen molar-refractivity contribution in [2.24, 2.45) is 5.14 Å². The van der Waals surface area contributed by atoms with E-state index in [2.05, 4.69) is 9.97 Å². The standard InChI is InChI=1S/C25H20ClF3N4O4S2/c1-25(2,14-3-5-20(17(26)9-14)39(30,36)37)21-11-32-24(33(21)22-6-4-15(27)10-31-22)38-12-16-18(28)7-13(23(34)35)8-19(16)29/h3-11H,12H2,1-2H3,(H,34,35)(H2,30,36,37). The Morgan fingerprint density at radius 2 is 1.74 bits per heavy atom. The molecule has 0 bridgehead atoms. The van der Waals surface area contributed by atoms with E-state index in [-0.39, 0.29) is 32.2 Å². The number of nitrogens with zero attached hydrogens (tertiary/aromatic N) is 3. The van der Waals surface area contributed by atoms with Gasteiger partial charge in [0.05, 0.1) is 28.7 Å². The molecule has 0 amide bonds. The van der Waals surface area contributed by atoms with E-state index in [1.54, 1.807) is 10.6 Å². The van der Waals surface area contributed by atoms with Crippen LogP contribution in [-0.4, -0.2) is 34.0 Å². The van der Waals surface area contributed by atoms with Gasteiger partial charge in [0.15, 0.2) is 5.16 Å². The molecular formula is C25H20ClF3N4O4S2. The largest absolute Gasteiger partial charge is 0.478 e. The minimum atomic E-state index is -4.05. The number of hydrogen-bond donors (Lipinski definition) is 2. The smallest absolute Gasteiger partial charge is 0.335 e. The summed E-state index contributed by atoms with van der Waals surface area (Å²) < 4.78 is 67.9. The van der Waals surface area contributed by atoms with Crippen LogP contribution in [0.5, 0.6) is 0 Å². The highest BCUT2D eigenvalue weighted by Gasteiger charge is 2.31. The lowest BCUT2D eigenvalue weighted by atomic mass is 9.81. The first-order valence-electron chi connectivity index (χ1n) is 11.1. The van der Waals surface area contributed by atoms with E-state index in [1.807, 2.05) is 13.8 Å². The van der Waals surface area contributed by atoms with Crippen molar-refractivity contribution in [3.05, 3.63) is 99.7 Å². The maximum atomic E-state index is 14.5. The molecule has 3 N–H and O–H groups in total. The maximum Gasteiger partial charge on any atom is 0.335 e. The first-order valence-corrected chi connectivity index (χ1v) is 14.0. The maximum absolute atomic E-state index is 14.5. The molecule has 14 heteroatoms. The fraction of sp³-hybridized carbons (Fsp3) is 0.160. The zero-order valence-electron chi connectivity index (χ0n) is 20.3. The average Bonchev–Trinajstić information content (AvgIpc) is 3.27. The Balaban J connectivity index is 1.79. The van der Waals surface area contributed by atoms with Crippen LogP contribution in [0, 0.1) is 17.5 Å². The zero-order chi connectivity index (χ0) is 28.7. The van der Waals surface area contributed by atoms with Gasteiger partial charge in [-0.3, -0.25) is 4.57 Å². The summed E-state index contributed by atoms with van der Waals surface area (Å²) in [6.45, 7) is 3.62. The number of sulfonamides is 1. The van der Waals surface area contributed by atoms with Gasteiger partial charge in [-0.05, 0) is 42.0 Å². The number of benzene rings is 2. The summed E-state index contributed by atoms with van der Waals surface area (Å²) in [5.74, 6) is -4.08. The fourth-order valence-corrected chi connectivity index (χ4v) is 5.96. The number of pyridine rings is 1. The molecule has 4 rings (SSSR count). The number of thioether (sulfide) groups is 1. The molecule has 2 aromatic carbocycles. The number of carbonyl (C=O) groups is 1. The van der Waals surface area contributed by atoms with Crippen molar-refractivity contribution < 1.29 is 31.5 Å². The van der Waals surface area contributed by atoms with E-state index in [0.717, 1.165) is 30.1 Å². The van der Waals surface area contributed by atoms with Gasteiger partial charge in [0.1, 0.15) is 28.2 Å². The minimum absolute atomic E-state index is 0.0839. The Hall–Kier alpha value is -3.39. The summed E-state index contributed by atoms with van der Waals surface area (Å²) in [5.41, 5.74) is -0.654. The number of imidazole rings is 1. The van der Waals surface area contributed by atoms with Crippen molar-refractivity contribution in [3.8, 4) is 5.82 Å². The number of aromatic nitrogens is 3. The van der Waals surface area contributed by atoms with E-state index >= 15 is 0 Å². The predicted octanol–water partition coefficient (Wildman–Crippen LogP) is 5.30. The number of nitrogens with two attached hydrogens (primary N) is 1. The molecule has 0 aliphatic carbocycles. The second-order valence-electron chi connectivity index (χ2n) is 8.92. The molecule has 0 aliphatic heterocycles. The van der Waals surface area contributed by atoms with Crippen molar-refractivity contribution in [2.45, 2.75) is 35.1 Å². The number of aromatic carboxylic acids is 1. The molecule has 0 fully saturated rings. The lowest BCUT2D eigenvalue weighted by Crippen LogP contribution is -2.24. The van der Waals surface area contributed by atoms with Gasteiger partial charge < -0.3 is 5.11 Å². The van der Waals surface area contributed by atoms with Gasteiger partial charge in [0.25, 0.3) is 0 Å². The number of carboxylic acids is 1. The zero-order valence-corrected chi connectivity index (χ0v) is 22.7. The summed E-state index contributed by atoms with van der Waals surface area (Å²) in [7, 11) is -4.05. The Bertz CT molecular complexity index is 1670. The van der Waals surface area contributed by atoms with Crippen LogP contribution in [0.4, 0.5) is 13.2 Å². The first-order chi connectivity index (χ1) is 18.2. The van der Waals surface area contributed by atoms with Gasteiger partial charge in [0, 0.05) is 16.7 Å². The van der Waals surface area contributed by atoms with Gasteiger partial charge in [0.2, 0.25) is 10.0 Å². The molecule has 0 unspecified atom stereocenters. The highest BCUT2D eigenvalue weighted by Crippen LogP contribution is 2.38. The molecule has 0 saturated carbocycles. The highest BCUT2D eigenvalue weighted by molar-refractivity contribution is 7.98. The molecule has 4 aromatic rings. The van der Waals surface area contributed by atoms with E-state index < -0.39 is 44.4 Å². The van der Waals surface area contributed by atoms with Gasteiger partial charge in [-0.1, -0.05) is 43.3 Å². The molecule has 0 aliphatic rings. The Morgan fingerprint density at radius 1 is 1.08 bits per heavy atom. The molecule has 204 valence electrons. The number of primary sulfonamides is 1. The number of rotatable bonds is 8. The third-order valence-electron chi connectivity index (χ3n) is 6.00. The number of halogens is 4. The van der Waals surface area contributed by atoms with Crippen molar-refractivity contribution >= 4 is 39.4 Å². The van der Waals surface area contributed by atoms with Crippen LogP contribution < -0.4 is 5.14 Å². The minimum Gasteiger partial charge on any atom is -0.478 e. The Morgan fingerprint density at radius 3 is 2.28 bits per heavy atom. The summed E-state index contributed by atoms with van der Waals surface area (Å²) in [6.07, 6.45) is 2.51. The second-order valence-corrected chi connectivity index (χ2v) is 11.8. The number of hydrogen-bond acceptors (Lipinski definition) is 6. The van der Waals surface area contributed by atoms with E-state index in [4.69, 9.17) is 21.8 Å². The lowest BCUT2D eigenvalue weighted by Gasteiger charge is -2.27. The molecule has 39 heavy (non-hydrogen) atoms. The van der Waals surface area contributed by atoms with Crippen LogP contribution >= 0.6 is 23.4 Å². The van der Waals surface area contributed by atoms with E-state index in [1.165, 1.54) is 30.5 Å². The van der Waals surface area contributed by atoms with E-state index in [9.17, 15) is 26.4 Å². The van der Waals surface area contributed by atoms with Crippen molar-refractivity contribution in [1.29, 1.82) is 0 Å². The summed E-state index contributed by atoms with van der Waals surface area (Å²) in [5, 5.41) is 14.4. The Kier molecular flexibility index (Phi) is 7.81. The van der Waals surface area contributed by atoms with Gasteiger partial charge in [-0.2, -0.15) is 0 Å². The van der Waals surface area contributed by atoms with Crippen molar-refractivity contribution in [3.63, 3.8) is 0 Å². The summed E-state index contributed by atoms with van der Waals surface area (Å²) in [6, 6.07) is 8.35. The van der Waals surface area contributed by atoms with Gasteiger partial charge in [-0.15, -0.1) is 0 Å². The molecule has 8 nitrogen and oxygen atoms in total. The van der Waals surface area contributed by atoms with E-state index in [0.29, 0.717) is 11.3 Å². The molecule has 0 atom stereocenters. The SMILES string of the molecule is CC(C)(c1ccc(S(N)(=O)=O)c(Cl)c1)c1cnc(SCc2c(F)cc(C(=O)O)cc2F)n1-c1ccc(F)cn1. The van der Waals surface area contributed by atoms with Crippen LogP contribution in [0.15, 0.2) is 64.9 Å². The third kappa shape index (κ3) is 5.81. The topological polar surface area (TPSA) is 128 Å². The molecular weight excluding hydrogens is 577 g/mol. The lowest BCUT2D eigenvalue weighted by molar-refractivity contribution is 0.0695. The molecule has 2 heterocycles. The molecule has 2 aromatic heterocycles. The monoisotopic (exact) mass is 596 g/mol. The Labute approximate surface area is 230 Å². The molecule has 0 radical (unpaired) electrons. The average molecular weight is 597 g/mol. The molecule has 0 saturated heterocycles. The van der Waals surface area contributed by atoms with Crippen molar-refractivity contribution in [1.82, 2.24) is 14.5 Å². The van der Waals surface area contributed by atoms with Gasteiger partial charge in [-0.25, -0.2) is 41.5 Å². The van der Waals surface area contributed by atoms with Crippen LogP contribution in [0.2, 0.25) is 5.02 Å². The normalized spacial score (nSPS) is 12.1. The third-order valence-corrected chi connectivity index (χ3v) is 8.38. The fourth-order valence-electron chi connectivity index (χ4n) is 3.87. The van der Waals surface area contributed by atoms with Crippen LogP contribution in [0.25, 0.3) is 5.82 Å². The van der Waals surface area contributed by atoms with Crippen molar-refractivity contribution in [2.75, 3.05) is 0 Å².